The molecule has 11 heteroatoms. The van der Waals surface area contributed by atoms with Gasteiger partial charge in [0.15, 0.2) is 0 Å². The molecule has 3 aromatic carbocycles. The summed E-state index contributed by atoms with van der Waals surface area (Å²) in [6.45, 7) is 0.254. The van der Waals surface area contributed by atoms with E-state index in [2.05, 4.69) is 5.32 Å². The van der Waals surface area contributed by atoms with E-state index in [1.54, 1.807) is 24.3 Å². The zero-order valence-electron chi connectivity index (χ0n) is 18.7. The minimum atomic E-state index is -4.56. The van der Waals surface area contributed by atoms with Crippen molar-refractivity contribution >= 4 is 27.5 Å². The number of amides is 1. The Labute approximate surface area is 210 Å². The highest BCUT2D eigenvalue weighted by atomic mass is 35.5. The largest absolute Gasteiger partial charge is 0.417 e. The fourth-order valence-corrected chi connectivity index (χ4v) is 6.07. The normalized spacial score (nSPS) is 16.8. The smallest absolute Gasteiger partial charge is 0.351 e. The first-order valence-corrected chi connectivity index (χ1v) is 12.8. The van der Waals surface area contributed by atoms with Gasteiger partial charge in [-0.05, 0) is 72.0 Å². The SMILES string of the molecule is O=C(NCc1cccc(-c2ccc(C(F)(F)F)c(Cl)c2)c1)C1CCCN1S(=O)(=O)c1ccc(F)cc1. The summed E-state index contributed by atoms with van der Waals surface area (Å²) in [7, 11) is -3.98. The lowest BCUT2D eigenvalue weighted by atomic mass is 10.0. The maximum atomic E-state index is 13.2. The van der Waals surface area contributed by atoms with Crippen LogP contribution in [0.3, 0.4) is 0 Å². The minimum Gasteiger partial charge on any atom is -0.351 e. The summed E-state index contributed by atoms with van der Waals surface area (Å²) >= 11 is 5.83. The molecule has 0 aliphatic carbocycles. The highest BCUT2D eigenvalue weighted by Gasteiger charge is 2.39. The zero-order chi connectivity index (χ0) is 26.1. The predicted molar refractivity (Wildman–Crippen MR) is 127 cm³/mol. The maximum Gasteiger partial charge on any atom is 0.417 e. The van der Waals surface area contributed by atoms with Gasteiger partial charge in [-0.1, -0.05) is 35.9 Å². The average molecular weight is 541 g/mol. The quantitative estimate of drug-likeness (QED) is 0.412. The number of carbonyl (C=O) groups excluding carboxylic acids is 1. The topological polar surface area (TPSA) is 66.5 Å². The standard InChI is InChI=1S/C25H21ClF4N2O3S/c26-22-14-18(6-11-21(22)25(28,29)30)17-4-1-3-16(13-17)15-31-24(33)23-5-2-12-32(23)36(34,35)20-9-7-19(27)8-10-20/h1,3-4,6-11,13-14,23H,2,5,12,15H2,(H,31,33). The molecular weight excluding hydrogens is 520 g/mol. The lowest BCUT2D eigenvalue weighted by Gasteiger charge is -2.23. The van der Waals surface area contributed by atoms with E-state index >= 15 is 0 Å². The molecule has 1 aliphatic rings. The van der Waals surface area contributed by atoms with Crippen molar-refractivity contribution in [1.29, 1.82) is 0 Å². The van der Waals surface area contributed by atoms with Crippen LogP contribution in [0.25, 0.3) is 11.1 Å². The molecule has 1 unspecified atom stereocenters. The second-order valence-corrected chi connectivity index (χ2v) is 10.6. The van der Waals surface area contributed by atoms with E-state index in [0.717, 1.165) is 34.6 Å². The van der Waals surface area contributed by atoms with Crippen LogP contribution in [0.4, 0.5) is 17.6 Å². The van der Waals surface area contributed by atoms with Gasteiger partial charge in [-0.15, -0.1) is 0 Å². The molecule has 1 heterocycles. The summed E-state index contributed by atoms with van der Waals surface area (Å²) < 4.78 is 79.3. The average Bonchev–Trinajstić information content (AvgIpc) is 3.33. The number of sulfonamides is 1. The molecule has 1 aliphatic heterocycles. The number of alkyl halides is 3. The molecule has 1 atom stereocenters. The Balaban J connectivity index is 1.46. The van der Waals surface area contributed by atoms with Crippen molar-refractivity contribution in [2.45, 2.75) is 36.5 Å². The van der Waals surface area contributed by atoms with Crippen molar-refractivity contribution in [3.63, 3.8) is 0 Å². The van der Waals surface area contributed by atoms with E-state index in [-0.39, 0.29) is 18.0 Å². The third-order valence-corrected chi connectivity index (χ3v) is 8.16. The highest BCUT2D eigenvalue weighted by molar-refractivity contribution is 7.89. The number of nitrogens with one attached hydrogen (secondary N) is 1. The third kappa shape index (κ3) is 5.55. The second-order valence-electron chi connectivity index (χ2n) is 8.34. The molecule has 1 amide bonds. The van der Waals surface area contributed by atoms with Crippen LogP contribution in [-0.2, 0) is 27.5 Å². The third-order valence-electron chi connectivity index (χ3n) is 5.93. The fraction of sp³-hybridized carbons (Fsp3) is 0.240. The predicted octanol–water partition coefficient (Wildman–Crippen LogP) is 5.63. The number of carbonyl (C=O) groups is 1. The molecule has 36 heavy (non-hydrogen) atoms. The van der Waals surface area contributed by atoms with E-state index < -0.39 is 44.6 Å². The Morgan fingerprint density at radius 2 is 1.72 bits per heavy atom. The van der Waals surface area contributed by atoms with Gasteiger partial charge in [0, 0.05) is 13.1 Å². The Morgan fingerprint density at radius 1 is 1.03 bits per heavy atom. The number of nitrogens with zero attached hydrogens (tertiary/aromatic N) is 1. The van der Waals surface area contributed by atoms with Gasteiger partial charge in [0.25, 0.3) is 0 Å². The molecule has 0 aromatic heterocycles. The van der Waals surface area contributed by atoms with Gasteiger partial charge in [0.2, 0.25) is 15.9 Å². The first-order chi connectivity index (χ1) is 17.0. The summed E-state index contributed by atoms with van der Waals surface area (Å²) in [5, 5.41) is 2.33. The number of rotatable bonds is 6. The molecule has 1 fully saturated rings. The monoisotopic (exact) mass is 540 g/mol. The number of halogens is 5. The van der Waals surface area contributed by atoms with Crippen molar-refractivity contribution in [3.8, 4) is 11.1 Å². The Bertz CT molecular complexity index is 1380. The van der Waals surface area contributed by atoms with Crippen LogP contribution in [-0.4, -0.2) is 31.2 Å². The molecular formula is C25H21ClF4N2O3S. The Hall–Kier alpha value is -2.95. The maximum absolute atomic E-state index is 13.2. The minimum absolute atomic E-state index is 0.0853. The number of hydrogen-bond donors (Lipinski definition) is 1. The first kappa shape index (κ1) is 26.1. The van der Waals surface area contributed by atoms with Crippen LogP contribution < -0.4 is 5.32 Å². The molecule has 0 radical (unpaired) electrons. The number of hydrogen-bond acceptors (Lipinski definition) is 3. The van der Waals surface area contributed by atoms with E-state index in [0.29, 0.717) is 29.5 Å². The van der Waals surface area contributed by atoms with Crippen LogP contribution in [0.2, 0.25) is 5.02 Å². The molecule has 3 aromatic rings. The van der Waals surface area contributed by atoms with Gasteiger partial charge < -0.3 is 5.32 Å². The van der Waals surface area contributed by atoms with E-state index in [4.69, 9.17) is 11.6 Å². The van der Waals surface area contributed by atoms with Crippen molar-refractivity contribution in [3.05, 3.63) is 88.7 Å². The summed E-state index contributed by atoms with van der Waals surface area (Å²) in [6, 6.07) is 13.8. The molecule has 4 rings (SSSR count). The Kier molecular flexibility index (Phi) is 7.40. The van der Waals surface area contributed by atoms with Crippen LogP contribution in [0, 0.1) is 5.82 Å². The molecule has 0 spiro atoms. The van der Waals surface area contributed by atoms with Gasteiger partial charge in [-0.25, -0.2) is 12.8 Å². The summed E-state index contributed by atoms with van der Waals surface area (Å²) in [6.07, 6.45) is -3.71. The second kappa shape index (κ2) is 10.2. The van der Waals surface area contributed by atoms with Crippen molar-refractivity contribution in [1.82, 2.24) is 9.62 Å². The van der Waals surface area contributed by atoms with Crippen molar-refractivity contribution in [2.24, 2.45) is 0 Å². The van der Waals surface area contributed by atoms with Crippen molar-refractivity contribution < 1.29 is 30.8 Å². The lowest BCUT2D eigenvalue weighted by molar-refractivity contribution is -0.137. The van der Waals surface area contributed by atoms with E-state index in [9.17, 15) is 30.8 Å². The first-order valence-electron chi connectivity index (χ1n) is 11.0. The Morgan fingerprint density at radius 3 is 2.39 bits per heavy atom. The zero-order valence-corrected chi connectivity index (χ0v) is 20.3. The van der Waals surface area contributed by atoms with Crippen LogP contribution in [0.1, 0.15) is 24.0 Å². The molecule has 1 saturated heterocycles. The summed E-state index contributed by atoms with van der Waals surface area (Å²) in [5.41, 5.74) is 0.836. The van der Waals surface area contributed by atoms with Crippen molar-refractivity contribution in [2.75, 3.05) is 6.54 Å². The van der Waals surface area contributed by atoms with Crippen LogP contribution >= 0.6 is 11.6 Å². The molecule has 5 nitrogen and oxygen atoms in total. The molecule has 0 bridgehead atoms. The van der Waals surface area contributed by atoms with E-state index in [1.807, 2.05) is 0 Å². The summed E-state index contributed by atoms with van der Waals surface area (Å²) in [5.74, 6) is -1.04. The van der Waals surface area contributed by atoms with E-state index in [1.165, 1.54) is 12.1 Å². The lowest BCUT2D eigenvalue weighted by Crippen LogP contribution is -2.45. The van der Waals surface area contributed by atoms with Gasteiger partial charge in [-0.3, -0.25) is 4.79 Å². The molecule has 0 saturated carbocycles. The van der Waals surface area contributed by atoms with Gasteiger partial charge >= 0.3 is 6.18 Å². The fourth-order valence-electron chi connectivity index (χ4n) is 4.12. The molecule has 1 N–H and O–H groups in total. The van der Waals surface area contributed by atoms with Crippen LogP contribution in [0.15, 0.2) is 71.6 Å². The van der Waals surface area contributed by atoms with Crippen LogP contribution in [0.5, 0.6) is 0 Å². The summed E-state index contributed by atoms with van der Waals surface area (Å²) in [4.78, 5) is 12.8. The van der Waals surface area contributed by atoms with Gasteiger partial charge in [0.05, 0.1) is 15.5 Å². The van der Waals surface area contributed by atoms with Gasteiger partial charge in [0.1, 0.15) is 11.9 Å². The van der Waals surface area contributed by atoms with Gasteiger partial charge in [-0.2, -0.15) is 17.5 Å². The number of benzene rings is 3. The molecule has 190 valence electrons. The highest BCUT2D eigenvalue weighted by Crippen LogP contribution is 2.37.